The molecule has 0 saturated heterocycles. The highest BCUT2D eigenvalue weighted by Gasteiger charge is 2.23. The maximum atomic E-state index is 13.8. The van der Waals surface area contributed by atoms with Gasteiger partial charge in [-0.25, -0.2) is 17.2 Å². The van der Waals surface area contributed by atoms with Crippen molar-refractivity contribution in [1.82, 2.24) is 4.98 Å². The van der Waals surface area contributed by atoms with E-state index in [0.717, 1.165) is 23.5 Å². The molecular formula is C12H6BrClF2N2O2S2. The summed E-state index contributed by atoms with van der Waals surface area (Å²) in [4.78, 5) is 2.69. The number of nitrogens with one attached hydrogen (secondary N) is 2. The molecule has 10 heteroatoms. The highest BCUT2D eigenvalue weighted by atomic mass is 79.9. The number of anilines is 1. The molecule has 1 aromatic carbocycles. The number of hydrogen-bond acceptors (Lipinski definition) is 3. The van der Waals surface area contributed by atoms with E-state index in [1.807, 2.05) is 4.72 Å². The van der Waals surface area contributed by atoms with Crippen LogP contribution < -0.4 is 4.72 Å². The molecule has 0 unspecified atom stereocenters. The monoisotopic (exact) mass is 426 g/mol. The molecule has 2 N–H and O–H groups in total. The predicted molar refractivity (Wildman–Crippen MR) is 86.1 cm³/mol. The van der Waals surface area contributed by atoms with Crippen LogP contribution in [-0.2, 0) is 10.0 Å². The number of H-pyrrole nitrogens is 1. The smallest absolute Gasteiger partial charge is 0.264 e. The second-order valence-corrected chi connectivity index (χ2v) is 8.49. The summed E-state index contributed by atoms with van der Waals surface area (Å²) in [5.74, 6) is -1.68. The summed E-state index contributed by atoms with van der Waals surface area (Å²) in [5, 5.41) is 0. The van der Waals surface area contributed by atoms with Crippen LogP contribution in [0.15, 0.2) is 33.8 Å². The third kappa shape index (κ3) is 2.73. The molecule has 4 nitrogen and oxygen atoms in total. The minimum absolute atomic E-state index is 0.0814. The summed E-state index contributed by atoms with van der Waals surface area (Å²) in [6, 6.07) is 3.20. The molecule has 0 radical (unpaired) electrons. The van der Waals surface area contributed by atoms with Crippen molar-refractivity contribution in [1.29, 1.82) is 0 Å². The SMILES string of the molecule is O=S(=O)(Nc1cc(F)c(Br)cc1F)c1c[nH]c2cc(Cl)sc12. The van der Waals surface area contributed by atoms with Gasteiger partial charge in [0.2, 0.25) is 0 Å². The molecule has 0 aliphatic carbocycles. The third-order valence-corrected chi connectivity index (χ3v) is 6.25. The van der Waals surface area contributed by atoms with Crippen molar-refractivity contribution in [2.75, 3.05) is 4.72 Å². The first-order valence-corrected chi connectivity index (χ1v) is 9.19. The minimum Gasteiger partial charge on any atom is -0.359 e. The molecule has 0 fully saturated rings. The van der Waals surface area contributed by atoms with Gasteiger partial charge in [-0.05, 0) is 28.1 Å². The Hall–Kier alpha value is -1.16. The van der Waals surface area contributed by atoms with E-state index in [1.54, 1.807) is 6.07 Å². The van der Waals surface area contributed by atoms with E-state index in [9.17, 15) is 17.2 Å². The lowest BCUT2D eigenvalue weighted by molar-refractivity contribution is 0.592. The summed E-state index contributed by atoms with van der Waals surface area (Å²) in [6.45, 7) is 0. The van der Waals surface area contributed by atoms with Crippen LogP contribution in [0.5, 0.6) is 0 Å². The molecule has 2 aromatic heterocycles. The number of aromatic amines is 1. The highest BCUT2D eigenvalue weighted by molar-refractivity contribution is 9.10. The first-order valence-electron chi connectivity index (χ1n) is 5.72. The Labute approximate surface area is 141 Å². The molecule has 2 heterocycles. The molecule has 0 spiro atoms. The summed E-state index contributed by atoms with van der Waals surface area (Å²) in [6.07, 6.45) is 1.27. The van der Waals surface area contributed by atoms with Gasteiger partial charge in [0.25, 0.3) is 10.0 Å². The molecule has 3 rings (SSSR count). The molecule has 0 aliphatic heterocycles. The first kappa shape index (κ1) is 15.7. The first-order chi connectivity index (χ1) is 10.3. The zero-order chi connectivity index (χ0) is 16.1. The number of thiophene rings is 1. The van der Waals surface area contributed by atoms with E-state index < -0.39 is 27.3 Å². The van der Waals surface area contributed by atoms with Crippen LogP contribution in [0.2, 0.25) is 4.34 Å². The summed E-state index contributed by atoms with van der Waals surface area (Å²) in [5.41, 5.74) is 0.0792. The third-order valence-electron chi connectivity index (χ3n) is 2.83. The Bertz CT molecular complexity index is 985. The standard InChI is InChI=1S/C12H6BrClF2N2O2S2/c13-5-1-7(16)8(2-6(5)15)18-22(19,20)10-4-17-9-3-11(14)21-12(9)10/h1-4,17-18H. The molecule has 0 aliphatic rings. The zero-order valence-electron chi connectivity index (χ0n) is 10.5. The van der Waals surface area contributed by atoms with Gasteiger partial charge in [0.15, 0.2) is 0 Å². The Morgan fingerprint density at radius 3 is 2.68 bits per heavy atom. The molecule has 0 bridgehead atoms. The van der Waals surface area contributed by atoms with Crippen LogP contribution in [0.3, 0.4) is 0 Å². The highest BCUT2D eigenvalue weighted by Crippen LogP contribution is 2.35. The van der Waals surface area contributed by atoms with Gasteiger partial charge in [-0.2, -0.15) is 0 Å². The van der Waals surface area contributed by atoms with Gasteiger partial charge in [0.05, 0.1) is 24.7 Å². The van der Waals surface area contributed by atoms with Gasteiger partial charge in [0.1, 0.15) is 16.5 Å². The van der Waals surface area contributed by atoms with E-state index in [1.165, 1.54) is 6.20 Å². The van der Waals surface area contributed by atoms with Gasteiger partial charge in [0, 0.05) is 12.3 Å². The van der Waals surface area contributed by atoms with Gasteiger partial charge < -0.3 is 4.98 Å². The molecule has 116 valence electrons. The molecule has 0 saturated carbocycles. The number of halogens is 4. The van der Waals surface area contributed by atoms with Crippen molar-refractivity contribution >= 4 is 64.8 Å². The van der Waals surface area contributed by atoms with E-state index in [-0.39, 0.29) is 9.37 Å². The number of hydrogen-bond donors (Lipinski definition) is 2. The molecule has 3 aromatic rings. The molecule has 0 amide bonds. The fraction of sp³-hybridized carbons (Fsp3) is 0. The number of fused-ring (bicyclic) bond motifs is 1. The van der Waals surface area contributed by atoms with Gasteiger partial charge in [-0.3, -0.25) is 4.72 Å². The lowest BCUT2D eigenvalue weighted by Gasteiger charge is -2.08. The van der Waals surface area contributed by atoms with Crippen molar-refractivity contribution < 1.29 is 17.2 Å². The fourth-order valence-electron chi connectivity index (χ4n) is 1.86. The largest absolute Gasteiger partial charge is 0.359 e. The lowest BCUT2D eigenvalue weighted by atomic mass is 10.3. The Morgan fingerprint density at radius 1 is 1.23 bits per heavy atom. The zero-order valence-corrected chi connectivity index (χ0v) is 14.4. The average molecular weight is 428 g/mol. The number of rotatable bonds is 3. The number of benzene rings is 1. The lowest BCUT2D eigenvalue weighted by Crippen LogP contribution is -2.13. The fourth-order valence-corrected chi connectivity index (χ4v) is 4.85. The van der Waals surface area contributed by atoms with Crippen molar-refractivity contribution in [3.05, 3.63) is 44.8 Å². The quantitative estimate of drug-likeness (QED) is 0.594. The topological polar surface area (TPSA) is 62.0 Å². The van der Waals surface area contributed by atoms with Gasteiger partial charge in [-0.15, -0.1) is 11.3 Å². The normalized spacial score (nSPS) is 12.0. The Kier molecular flexibility index (Phi) is 3.92. The van der Waals surface area contributed by atoms with E-state index in [4.69, 9.17) is 11.6 Å². The van der Waals surface area contributed by atoms with Crippen molar-refractivity contribution in [2.45, 2.75) is 4.90 Å². The van der Waals surface area contributed by atoms with Crippen molar-refractivity contribution in [2.24, 2.45) is 0 Å². The number of aromatic nitrogens is 1. The van der Waals surface area contributed by atoms with Crippen LogP contribution >= 0.6 is 38.9 Å². The van der Waals surface area contributed by atoms with E-state index in [0.29, 0.717) is 14.6 Å². The Balaban J connectivity index is 2.05. The number of sulfonamides is 1. The predicted octanol–water partition coefficient (Wildman–Crippen LogP) is 4.72. The summed E-state index contributed by atoms with van der Waals surface area (Å²) < 4.78 is 54.7. The molecule has 22 heavy (non-hydrogen) atoms. The van der Waals surface area contributed by atoms with Crippen LogP contribution in [0.4, 0.5) is 14.5 Å². The second-order valence-electron chi connectivity index (χ2n) is 4.30. The van der Waals surface area contributed by atoms with Crippen LogP contribution in [0.25, 0.3) is 10.2 Å². The van der Waals surface area contributed by atoms with Gasteiger partial charge in [-0.1, -0.05) is 11.6 Å². The maximum absolute atomic E-state index is 13.8. The average Bonchev–Trinajstić information content (AvgIpc) is 2.94. The van der Waals surface area contributed by atoms with Crippen LogP contribution in [-0.4, -0.2) is 13.4 Å². The van der Waals surface area contributed by atoms with E-state index >= 15 is 0 Å². The van der Waals surface area contributed by atoms with E-state index in [2.05, 4.69) is 20.9 Å². The summed E-state index contributed by atoms with van der Waals surface area (Å²) >= 11 is 9.73. The summed E-state index contributed by atoms with van der Waals surface area (Å²) in [7, 11) is -4.09. The van der Waals surface area contributed by atoms with Crippen LogP contribution in [0.1, 0.15) is 0 Å². The van der Waals surface area contributed by atoms with Crippen molar-refractivity contribution in [3.63, 3.8) is 0 Å². The maximum Gasteiger partial charge on any atom is 0.264 e. The van der Waals surface area contributed by atoms with Gasteiger partial charge >= 0.3 is 0 Å². The Morgan fingerprint density at radius 2 is 1.95 bits per heavy atom. The second kappa shape index (κ2) is 5.48. The minimum atomic E-state index is -4.09. The molecule has 0 atom stereocenters. The van der Waals surface area contributed by atoms with Crippen LogP contribution in [0, 0.1) is 11.6 Å². The molecular weight excluding hydrogens is 422 g/mol. The van der Waals surface area contributed by atoms with Crippen molar-refractivity contribution in [3.8, 4) is 0 Å².